The number of nitrogens with one attached hydrogen (secondary N) is 1. The van der Waals surface area contributed by atoms with Crippen molar-refractivity contribution < 1.29 is 32.6 Å². The number of pyridine rings is 2. The lowest BCUT2D eigenvalue weighted by Gasteiger charge is -2.39. The van der Waals surface area contributed by atoms with Crippen LogP contribution < -0.4 is 15.6 Å². The van der Waals surface area contributed by atoms with Crippen LogP contribution in [0, 0.1) is 28.7 Å². The van der Waals surface area contributed by atoms with Gasteiger partial charge in [0, 0.05) is 37.0 Å². The highest BCUT2D eigenvalue weighted by atomic mass is 19.1. The summed E-state index contributed by atoms with van der Waals surface area (Å²) in [6.45, 7) is 8.67. The summed E-state index contributed by atoms with van der Waals surface area (Å²) >= 11 is 0. The van der Waals surface area contributed by atoms with Crippen molar-refractivity contribution in [3.8, 4) is 5.69 Å². The molecule has 3 aromatic rings. The Morgan fingerprint density at radius 2 is 1.53 bits per heavy atom. The fraction of sp³-hybridized carbons (Fsp3) is 0.423. The number of β-amino-alcohol motifs (C(OH)–C–C–N with tert-alkyl or cyclic N) is 2. The van der Waals surface area contributed by atoms with Crippen molar-refractivity contribution in [2.75, 3.05) is 18.0 Å². The number of benzene rings is 1. The maximum absolute atomic E-state index is 15.2. The lowest BCUT2D eigenvalue weighted by molar-refractivity contribution is 0.0572. The summed E-state index contributed by atoms with van der Waals surface area (Å²) in [6.07, 6.45) is -1.52. The first-order valence-electron chi connectivity index (χ1n) is 11.9. The Balaban J connectivity index is 2.00. The fourth-order valence-electron chi connectivity index (χ4n) is 4.01. The van der Waals surface area contributed by atoms with Gasteiger partial charge in [-0.15, -0.1) is 0 Å². The van der Waals surface area contributed by atoms with E-state index in [4.69, 9.17) is 0 Å². The number of aromatic nitrogens is 2. The van der Waals surface area contributed by atoms with E-state index in [1.807, 2.05) is 20.8 Å². The lowest BCUT2D eigenvalue weighted by Crippen LogP contribution is -2.53. The molecule has 3 heterocycles. The number of aliphatic hydroxyl groups excluding tert-OH is 2. The lowest BCUT2D eigenvalue weighted by atomic mass is 9.76. The van der Waals surface area contributed by atoms with E-state index < -0.39 is 85.9 Å². The first-order chi connectivity index (χ1) is 17.5. The predicted octanol–water partition coefficient (Wildman–Crippen LogP) is 3.04. The Morgan fingerprint density at radius 3 is 2.05 bits per heavy atom. The number of rotatable bonds is 4. The average Bonchev–Trinajstić information content (AvgIpc) is 3.11. The number of anilines is 1. The molecule has 3 N–H and O–H groups in total. The summed E-state index contributed by atoms with van der Waals surface area (Å²) in [4.78, 5) is 32.0. The van der Waals surface area contributed by atoms with Gasteiger partial charge in [0.1, 0.15) is 17.1 Å². The highest BCUT2D eigenvalue weighted by Gasteiger charge is 2.36. The highest BCUT2D eigenvalue weighted by Crippen LogP contribution is 2.31. The maximum atomic E-state index is 15.2. The fourth-order valence-corrected chi connectivity index (χ4v) is 4.01. The van der Waals surface area contributed by atoms with E-state index in [0.717, 1.165) is 16.8 Å². The van der Waals surface area contributed by atoms with E-state index in [-0.39, 0.29) is 13.1 Å². The smallest absolute Gasteiger partial charge is 0.257 e. The Kier molecular flexibility index (Phi) is 6.77. The van der Waals surface area contributed by atoms with Crippen LogP contribution >= 0.6 is 0 Å². The van der Waals surface area contributed by atoms with Gasteiger partial charge in [0.25, 0.3) is 5.91 Å². The van der Waals surface area contributed by atoms with E-state index in [1.54, 1.807) is 13.8 Å². The van der Waals surface area contributed by atoms with Gasteiger partial charge in [-0.25, -0.2) is 22.5 Å². The third-order valence-corrected chi connectivity index (χ3v) is 7.24. The molecule has 1 amide bonds. The summed E-state index contributed by atoms with van der Waals surface area (Å²) in [6, 6.07) is 1.61. The largest absolute Gasteiger partial charge is 0.389 e. The molecule has 12 heteroatoms. The van der Waals surface area contributed by atoms with Crippen molar-refractivity contribution in [3.63, 3.8) is 0 Å². The van der Waals surface area contributed by atoms with Crippen LogP contribution in [0.15, 0.2) is 29.2 Å². The van der Waals surface area contributed by atoms with Gasteiger partial charge < -0.3 is 20.4 Å². The third-order valence-electron chi connectivity index (χ3n) is 7.24. The van der Waals surface area contributed by atoms with E-state index >= 15 is 4.39 Å². The molecule has 0 radical (unpaired) electrons. The number of hydrogen-bond acceptors (Lipinski definition) is 6. The van der Waals surface area contributed by atoms with Crippen LogP contribution in [0.2, 0.25) is 0 Å². The maximum Gasteiger partial charge on any atom is 0.257 e. The van der Waals surface area contributed by atoms with Gasteiger partial charge in [0.05, 0.1) is 17.6 Å². The number of amides is 1. The molecule has 2 aromatic heterocycles. The van der Waals surface area contributed by atoms with Gasteiger partial charge in [0.2, 0.25) is 5.43 Å². The molecule has 4 rings (SSSR count). The topological polar surface area (TPSA) is 108 Å². The zero-order chi connectivity index (χ0) is 28.3. The minimum absolute atomic E-state index is 0.192. The molecule has 0 saturated carbocycles. The van der Waals surface area contributed by atoms with Crippen LogP contribution in [0.3, 0.4) is 0 Å². The van der Waals surface area contributed by atoms with E-state index in [9.17, 15) is 33.0 Å². The minimum atomic E-state index is -1.35. The quantitative estimate of drug-likeness (QED) is 0.443. The van der Waals surface area contributed by atoms with Crippen molar-refractivity contribution in [3.05, 3.63) is 63.5 Å². The molecular formula is C26H28F4N4O4. The van der Waals surface area contributed by atoms with Gasteiger partial charge >= 0.3 is 0 Å². The van der Waals surface area contributed by atoms with Crippen molar-refractivity contribution in [1.29, 1.82) is 0 Å². The molecule has 1 aliphatic heterocycles. The van der Waals surface area contributed by atoms with Gasteiger partial charge in [-0.1, -0.05) is 20.8 Å². The van der Waals surface area contributed by atoms with Gasteiger partial charge in [0.15, 0.2) is 28.9 Å². The number of hydrogen-bond donors (Lipinski definition) is 3. The standard InChI is InChI=1S/C26H28F4N4O4/c1-25(2,3)26(4,5)32-24(38)14-9-34(20-15(28)6-12(27)7-16(20)29)22-13(21(14)37)8-17(30)23(31-22)33-10-18(35)19(36)11-33/h6-9,18-19,35-36H,10-11H2,1-5H3,(H,32,38)/t18-,19-/m1/s1. The van der Waals surface area contributed by atoms with Crippen LogP contribution in [0.1, 0.15) is 45.0 Å². The van der Waals surface area contributed by atoms with E-state index in [0.29, 0.717) is 12.1 Å². The molecular weight excluding hydrogens is 508 g/mol. The number of fused-ring (bicyclic) bond motifs is 1. The number of halogens is 4. The van der Waals surface area contributed by atoms with Gasteiger partial charge in [-0.3, -0.25) is 14.2 Å². The molecule has 204 valence electrons. The summed E-state index contributed by atoms with van der Waals surface area (Å²) in [5.74, 6) is -6.19. The second-order valence-corrected chi connectivity index (χ2v) is 11.0. The number of aliphatic hydroxyl groups is 2. The number of carbonyl (C=O) groups excluding carboxylic acids is 1. The van der Waals surface area contributed by atoms with E-state index in [1.165, 1.54) is 4.90 Å². The number of carbonyl (C=O) groups is 1. The minimum Gasteiger partial charge on any atom is -0.389 e. The SMILES string of the molecule is CC(C)(C)C(C)(C)NC(=O)c1cn(-c2c(F)cc(F)cc2F)c2nc(N3C[C@@H](O)[C@H](O)C3)c(F)cc2c1=O. The van der Waals surface area contributed by atoms with Crippen LogP contribution in [-0.2, 0) is 0 Å². The molecule has 1 aromatic carbocycles. The average molecular weight is 537 g/mol. The monoisotopic (exact) mass is 536 g/mol. The van der Waals surface area contributed by atoms with E-state index in [2.05, 4.69) is 10.3 Å². The molecule has 0 unspecified atom stereocenters. The van der Waals surface area contributed by atoms with Crippen molar-refractivity contribution in [2.24, 2.45) is 5.41 Å². The normalized spacial score (nSPS) is 18.3. The molecule has 1 saturated heterocycles. The second kappa shape index (κ2) is 9.35. The molecule has 0 aliphatic carbocycles. The summed E-state index contributed by atoms with van der Waals surface area (Å²) in [5.41, 5.74) is -4.04. The summed E-state index contributed by atoms with van der Waals surface area (Å²) in [7, 11) is 0. The molecule has 0 spiro atoms. The summed E-state index contributed by atoms with van der Waals surface area (Å²) < 4.78 is 59.5. The van der Waals surface area contributed by atoms with Crippen LogP contribution in [0.25, 0.3) is 16.7 Å². The molecule has 38 heavy (non-hydrogen) atoms. The predicted molar refractivity (Wildman–Crippen MR) is 132 cm³/mol. The van der Waals surface area contributed by atoms with Crippen LogP contribution in [-0.4, -0.2) is 56.5 Å². The highest BCUT2D eigenvalue weighted by molar-refractivity contribution is 5.97. The first-order valence-corrected chi connectivity index (χ1v) is 11.9. The Morgan fingerprint density at radius 1 is 0.974 bits per heavy atom. The summed E-state index contributed by atoms with van der Waals surface area (Å²) in [5, 5.41) is 22.0. The second-order valence-electron chi connectivity index (χ2n) is 11.0. The third kappa shape index (κ3) is 4.73. The van der Waals surface area contributed by atoms with Crippen LogP contribution in [0.4, 0.5) is 23.4 Å². The molecule has 2 atom stereocenters. The zero-order valence-electron chi connectivity index (χ0n) is 21.4. The Labute approximate surface area is 215 Å². The zero-order valence-corrected chi connectivity index (χ0v) is 21.4. The van der Waals surface area contributed by atoms with Crippen molar-refractivity contribution in [1.82, 2.24) is 14.9 Å². The van der Waals surface area contributed by atoms with Crippen molar-refractivity contribution >= 4 is 22.8 Å². The molecule has 1 aliphatic rings. The Hall–Kier alpha value is -3.51. The first kappa shape index (κ1) is 27.5. The Bertz CT molecular complexity index is 1470. The number of nitrogens with zero attached hydrogens (tertiary/aromatic N) is 3. The van der Waals surface area contributed by atoms with Gasteiger partial charge in [-0.05, 0) is 25.3 Å². The molecule has 0 bridgehead atoms. The molecule has 8 nitrogen and oxygen atoms in total. The molecule has 1 fully saturated rings. The van der Waals surface area contributed by atoms with Crippen molar-refractivity contribution in [2.45, 2.75) is 52.4 Å². The van der Waals surface area contributed by atoms with Gasteiger partial charge in [-0.2, -0.15) is 0 Å². The van der Waals surface area contributed by atoms with Crippen LogP contribution in [0.5, 0.6) is 0 Å².